The molecule has 1 N–H and O–H groups in total. The molecule has 0 bridgehead atoms. The summed E-state index contributed by atoms with van der Waals surface area (Å²) in [5, 5.41) is 11.5. The Morgan fingerprint density at radius 1 is 1.04 bits per heavy atom. The van der Waals surface area contributed by atoms with E-state index in [2.05, 4.69) is 4.98 Å². The normalized spacial score (nSPS) is 11.0. The lowest BCUT2D eigenvalue weighted by molar-refractivity contribution is -0.137. The molecule has 0 saturated heterocycles. The number of rotatable bonds is 4. The minimum Gasteiger partial charge on any atom is -0.480 e. The largest absolute Gasteiger partial charge is 0.480 e. The summed E-state index contributed by atoms with van der Waals surface area (Å²) in [5.41, 5.74) is 3.59. The van der Waals surface area contributed by atoms with E-state index in [0.717, 1.165) is 22.3 Å². The summed E-state index contributed by atoms with van der Waals surface area (Å²) in [6, 6.07) is 18.1. The van der Waals surface area contributed by atoms with E-state index in [1.54, 1.807) is 6.92 Å². The first-order valence-electron chi connectivity index (χ1n) is 8.41. The van der Waals surface area contributed by atoms with Crippen LogP contribution in [0.3, 0.4) is 0 Å². The van der Waals surface area contributed by atoms with Crippen molar-refractivity contribution in [2.24, 2.45) is 0 Å². The number of aromatic nitrogens is 2. The van der Waals surface area contributed by atoms with Crippen molar-refractivity contribution in [3.05, 3.63) is 76.2 Å². The highest BCUT2D eigenvalue weighted by molar-refractivity contribution is 7.17. The summed E-state index contributed by atoms with van der Waals surface area (Å²) in [6.45, 7) is 1.26. The summed E-state index contributed by atoms with van der Waals surface area (Å²) in [6.07, 6.45) is 0. The molecule has 0 fully saturated rings. The second-order valence-corrected chi connectivity index (χ2v) is 7.08. The zero-order valence-corrected chi connectivity index (χ0v) is 15.4. The Bertz CT molecular complexity index is 1190. The zero-order valence-electron chi connectivity index (χ0n) is 14.5. The van der Waals surface area contributed by atoms with Gasteiger partial charge in [0.15, 0.2) is 0 Å². The van der Waals surface area contributed by atoms with E-state index in [1.807, 2.05) is 60.0 Å². The minimum atomic E-state index is -1.06. The summed E-state index contributed by atoms with van der Waals surface area (Å²) >= 11 is 1.39. The maximum absolute atomic E-state index is 12.9. The lowest BCUT2D eigenvalue weighted by atomic mass is 10.0. The minimum absolute atomic E-state index is 0.316. The molecule has 27 heavy (non-hydrogen) atoms. The SMILES string of the molecule is Cc1nc2scc(-c3ccc(-c4ccccc4)cc3)c2c(=O)n1CC(=O)O. The van der Waals surface area contributed by atoms with Gasteiger partial charge in [-0.1, -0.05) is 54.6 Å². The smallest absolute Gasteiger partial charge is 0.323 e. The van der Waals surface area contributed by atoms with Crippen LogP contribution in [0.1, 0.15) is 5.82 Å². The quantitative estimate of drug-likeness (QED) is 0.580. The number of hydrogen-bond acceptors (Lipinski definition) is 4. The van der Waals surface area contributed by atoms with Gasteiger partial charge in [-0.05, 0) is 23.6 Å². The van der Waals surface area contributed by atoms with Crippen LogP contribution in [0.2, 0.25) is 0 Å². The molecule has 0 aliphatic carbocycles. The van der Waals surface area contributed by atoms with E-state index < -0.39 is 12.5 Å². The number of fused-ring (bicyclic) bond motifs is 1. The van der Waals surface area contributed by atoms with Crippen molar-refractivity contribution < 1.29 is 9.90 Å². The monoisotopic (exact) mass is 376 g/mol. The third kappa shape index (κ3) is 3.15. The van der Waals surface area contributed by atoms with E-state index >= 15 is 0 Å². The van der Waals surface area contributed by atoms with E-state index in [-0.39, 0.29) is 5.56 Å². The van der Waals surface area contributed by atoms with E-state index in [9.17, 15) is 9.59 Å². The highest BCUT2D eigenvalue weighted by Gasteiger charge is 2.16. The van der Waals surface area contributed by atoms with Gasteiger partial charge < -0.3 is 5.11 Å². The van der Waals surface area contributed by atoms with Gasteiger partial charge in [0.05, 0.1) is 5.39 Å². The average molecular weight is 376 g/mol. The van der Waals surface area contributed by atoms with Crippen molar-refractivity contribution in [1.82, 2.24) is 9.55 Å². The molecule has 4 rings (SSSR count). The van der Waals surface area contributed by atoms with Gasteiger partial charge in [-0.2, -0.15) is 0 Å². The molecule has 2 aromatic carbocycles. The summed E-state index contributed by atoms with van der Waals surface area (Å²) in [4.78, 5) is 29.0. The maximum Gasteiger partial charge on any atom is 0.323 e. The molecule has 0 amide bonds. The first kappa shape index (κ1) is 17.2. The van der Waals surface area contributed by atoms with Gasteiger partial charge in [-0.3, -0.25) is 14.2 Å². The van der Waals surface area contributed by atoms with Crippen LogP contribution in [0.15, 0.2) is 64.8 Å². The molecule has 0 atom stereocenters. The summed E-state index contributed by atoms with van der Waals surface area (Å²) in [5.74, 6) is -0.659. The van der Waals surface area contributed by atoms with Crippen LogP contribution < -0.4 is 5.56 Å². The van der Waals surface area contributed by atoms with Crippen molar-refractivity contribution in [2.75, 3.05) is 0 Å². The predicted octanol–water partition coefficient (Wildman–Crippen LogP) is 4.19. The molecule has 2 heterocycles. The number of aliphatic carboxylic acids is 1. The number of benzene rings is 2. The second kappa shape index (κ2) is 6.81. The molecule has 0 unspecified atom stereocenters. The highest BCUT2D eigenvalue weighted by Crippen LogP contribution is 2.32. The summed E-state index contributed by atoms with van der Waals surface area (Å²) in [7, 11) is 0. The number of hydrogen-bond donors (Lipinski definition) is 1. The van der Waals surface area contributed by atoms with Gasteiger partial charge in [-0.15, -0.1) is 11.3 Å². The van der Waals surface area contributed by atoms with Gasteiger partial charge in [0.1, 0.15) is 17.2 Å². The van der Waals surface area contributed by atoms with Crippen molar-refractivity contribution >= 4 is 27.5 Å². The van der Waals surface area contributed by atoms with Crippen LogP contribution >= 0.6 is 11.3 Å². The van der Waals surface area contributed by atoms with Crippen molar-refractivity contribution in [3.8, 4) is 22.3 Å². The van der Waals surface area contributed by atoms with E-state index in [0.29, 0.717) is 16.0 Å². The van der Waals surface area contributed by atoms with E-state index in [4.69, 9.17) is 5.11 Å². The van der Waals surface area contributed by atoms with Crippen LogP contribution in [0.5, 0.6) is 0 Å². The van der Waals surface area contributed by atoms with Crippen LogP contribution in [0, 0.1) is 6.92 Å². The molecule has 0 aliphatic rings. The molecule has 0 saturated carbocycles. The predicted molar refractivity (Wildman–Crippen MR) is 107 cm³/mol. The number of carboxylic acids is 1. The van der Waals surface area contributed by atoms with Gasteiger partial charge in [0.2, 0.25) is 0 Å². The van der Waals surface area contributed by atoms with Crippen molar-refractivity contribution in [1.29, 1.82) is 0 Å². The first-order valence-corrected chi connectivity index (χ1v) is 9.29. The Kier molecular flexibility index (Phi) is 4.33. The number of aryl methyl sites for hydroxylation is 1. The number of carbonyl (C=O) groups is 1. The molecule has 2 aromatic heterocycles. The van der Waals surface area contributed by atoms with E-state index in [1.165, 1.54) is 15.9 Å². The Morgan fingerprint density at radius 3 is 2.33 bits per heavy atom. The average Bonchev–Trinajstić information content (AvgIpc) is 3.09. The van der Waals surface area contributed by atoms with Crippen molar-refractivity contribution in [2.45, 2.75) is 13.5 Å². The fourth-order valence-electron chi connectivity index (χ4n) is 3.13. The zero-order chi connectivity index (χ0) is 19.0. The van der Waals surface area contributed by atoms with Gasteiger partial charge >= 0.3 is 5.97 Å². The maximum atomic E-state index is 12.9. The molecular weight excluding hydrogens is 360 g/mol. The molecule has 0 spiro atoms. The van der Waals surface area contributed by atoms with Gasteiger partial charge in [0.25, 0.3) is 5.56 Å². The number of carboxylic acid groups (broad SMARTS) is 1. The molecule has 6 heteroatoms. The molecule has 4 aromatic rings. The Morgan fingerprint density at radius 2 is 1.67 bits per heavy atom. The third-order valence-electron chi connectivity index (χ3n) is 4.48. The van der Waals surface area contributed by atoms with Gasteiger partial charge in [0, 0.05) is 10.9 Å². The first-order chi connectivity index (χ1) is 13.0. The Balaban J connectivity index is 1.82. The third-order valence-corrected chi connectivity index (χ3v) is 5.35. The standard InChI is InChI=1S/C21H16N2O3S/c1-13-22-20-19(21(26)23(13)11-18(24)25)17(12-27-20)16-9-7-15(8-10-16)14-5-3-2-4-6-14/h2-10,12H,11H2,1H3,(H,24,25). The Labute approximate surface area is 159 Å². The lowest BCUT2D eigenvalue weighted by Crippen LogP contribution is -2.27. The lowest BCUT2D eigenvalue weighted by Gasteiger charge is -2.08. The molecule has 0 aliphatic heterocycles. The molecule has 0 radical (unpaired) electrons. The fourth-order valence-corrected chi connectivity index (χ4v) is 4.12. The number of nitrogens with zero attached hydrogens (tertiary/aromatic N) is 2. The molecular formula is C21H16N2O3S. The van der Waals surface area contributed by atoms with Gasteiger partial charge in [-0.25, -0.2) is 4.98 Å². The Hall–Kier alpha value is -3.25. The molecule has 5 nitrogen and oxygen atoms in total. The van der Waals surface area contributed by atoms with Crippen LogP contribution in [-0.2, 0) is 11.3 Å². The van der Waals surface area contributed by atoms with Crippen LogP contribution in [0.4, 0.5) is 0 Å². The van der Waals surface area contributed by atoms with Crippen LogP contribution in [-0.4, -0.2) is 20.6 Å². The second-order valence-electron chi connectivity index (χ2n) is 6.22. The molecule has 134 valence electrons. The summed E-state index contributed by atoms with van der Waals surface area (Å²) < 4.78 is 1.21. The van der Waals surface area contributed by atoms with Crippen molar-refractivity contribution in [3.63, 3.8) is 0 Å². The number of thiophene rings is 1. The highest BCUT2D eigenvalue weighted by atomic mass is 32.1. The fraction of sp³-hybridized carbons (Fsp3) is 0.0952. The topological polar surface area (TPSA) is 72.2 Å². The van der Waals surface area contributed by atoms with Crippen LogP contribution in [0.25, 0.3) is 32.5 Å².